The van der Waals surface area contributed by atoms with Crippen molar-refractivity contribution in [2.24, 2.45) is 11.8 Å². The highest BCUT2D eigenvalue weighted by molar-refractivity contribution is 7.88. The topological polar surface area (TPSA) is 49.4 Å². The van der Waals surface area contributed by atoms with Gasteiger partial charge in [0.05, 0.1) is 12.2 Å². The van der Waals surface area contributed by atoms with E-state index >= 15 is 0 Å². The van der Waals surface area contributed by atoms with Crippen LogP contribution in [0.15, 0.2) is 0 Å². The quantitative estimate of drug-likeness (QED) is 0.858. The first-order valence-corrected chi connectivity index (χ1v) is 9.26. The number of rotatable bonds is 4. The van der Waals surface area contributed by atoms with Crippen molar-refractivity contribution in [2.75, 3.05) is 25.9 Å². The molecule has 1 aliphatic heterocycles. The summed E-state index contributed by atoms with van der Waals surface area (Å²) < 4.78 is 62.5. The van der Waals surface area contributed by atoms with Gasteiger partial charge >= 0.3 is 6.18 Å². The molecule has 1 saturated carbocycles. The molecular weight excluding hydrogens is 305 g/mol. The second-order valence-electron chi connectivity index (χ2n) is 6.29. The molecule has 2 rings (SSSR count). The van der Waals surface area contributed by atoms with Crippen LogP contribution in [-0.2, 0) is 10.0 Å². The molecule has 0 aromatic carbocycles. The number of sulfonamides is 1. The zero-order valence-electron chi connectivity index (χ0n) is 12.2. The smallest absolute Gasteiger partial charge is 0.314 e. The van der Waals surface area contributed by atoms with Crippen LogP contribution in [0.4, 0.5) is 13.2 Å². The lowest BCUT2D eigenvalue weighted by Crippen LogP contribution is -2.41. The number of nitrogens with zero attached hydrogens (tertiary/aromatic N) is 1. The van der Waals surface area contributed by atoms with E-state index in [9.17, 15) is 21.6 Å². The van der Waals surface area contributed by atoms with Gasteiger partial charge in [0.2, 0.25) is 10.0 Å². The standard InChI is InChI=1S/C13H23F3N2O2S/c1-21(19,20)18-6-5-10(9-18)8-17-12-4-2-3-11(7-12)13(14,15)16/h10-12,17H,2-9H2,1H3/t10-,11-,12+/m1/s1. The van der Waals surface area contributed by atoms with E-state index in [0.29, 0.717) is 26.1 Å². The molecule has 3 atom stereocenters. The monoisotopic (exact) mass is 328 g/mol. The summed E-state index contributed by atoms with van der Waals surface area (Å²) in [6.07, 6.45) is -0.385. The van der Waals surface area contributed by atoms with E-state index in [-0.39, 0.29) is 24.8 Å². The molecular formula is C13H23F3N2O2S. The summed E-state index contributed by atoms with van der Waals surface area (Å²) >= 11 is 0. The molecule has 0 aromatic heterocycles. The molecule has 1 aliphatic carbocycles. The first kappa shape index (κ1) is 17.0. The molecule has 0 unspecified atom stereocenters. The van der Waals surface area contributed by atoms with Crippen molar-refractivity contribution in [3.8, 4) is 0 Å². The summed E-state index contributed by atoms with van der Waals surface area (Å²) in [4.78, 5) is 0. The Kier molecular flexibility index (Phi) is 5.20. The summed E-state index contributed by atoms with van der Waals surface area (Å²) in [5, 5.41) is 3.22. The van der Waals surface area contributed by atoms with Gasteiger partial charge in [0.1, 0.15) is 0 Å². The number of alkyl halides is 3. The van der Waals surface area contributed by atoms with Crippen LogP contribution < -0.4 is 5.32 Å². The second kappa shape index (κ2) is 6.42. The van der Waals surface area contributed by atoms with Gasteiger partial charge < -0.3 is 5.32 Å². The average molecular weight is 328 g/mol. The molecule has 0 amide bonds. The maximum atomic E-state index is 12.7. The summed E-state index contributed by atoms with van der Waals surface area (Å²) in [6, 6.07) is -0.0994. The van der Waals surface area contributed by atoms with Crippen molar-refractivity contribution in [1.82, 2.24) is 9.62 Å². The third kappa shape index (κ3) is 4.82. The molecule has 4 nitrogen and oxygen atoms in total. The van der Waals surface area contributed by atoms with Crippen LogP contribution in [0.5, 0.6) is 0 Å². The van der Waals surface area contributed by atoms with Crippen LogP contribution >= 0.6 is 0 Å². The third-order valence-electron chi connectivity index (χ3n) is 4.55. The lowest BCUT2D eigenvalue weighted by molar-refractivity contribution is -0.183. The average Bonchev–Trinajstić information content (AvgIpc) is 2.84. The number of hydrogen-bond donors (Lipinski definition) is 1. The van der Waals surface area contributed by atoms with Crippen molar-refractivity contribution in [2.45, 2.75) is 44.3 Å². The molecule has 0 spiro atoms. The predicted octanol–water partition coefficient (Wildman–Crippen LogP) is 1.98. The highest BCUT2D eigenvalue weighted by atomic mass is 32.2. The van der Waals surface area contributed by atoms with E-state index in [1.54, 1.807) is 0 Å². The Bertz CT molecular complexity index is 453. The number of nitrogens with one attached hydrogen (secondary N) is 1. The molecule has 0 aromatic rings. The van der Waals surface area contributed by atoms with E-state index in [1.807, 2.05) is 0 Å². The first-order valence-electron chi connectivity index (χ1n) is 7.41. The highest BCUT2D eigenvalue weighted by Gasteiger charge is 2.42. The summed E-state index contributed by atoms with van der Waals surface area (Å²) in [7, 11) is -3.15. The van der Waals surface area contributed by atoms with Crippen LogP contribution in [0.2, 0.25) is 0 Å². The zero-order chi connectivity index (χ0) is 15.7. The van der Waals surface area contributed by atoms with Crippen molar-refractivity contribution in [1.29, 1.82) is 0 Å². The Balaban J connectivity index is 1.76. The molecule has 2 aliphatic rings. The third-order valence-corrected chi connectivity index (χ3v) is 5.82. The fraction of sp³-hybridized carbons (Fsp3) is 1.00. The minimum atomic E-state index is -4.10. The Morgan fingerprint density at radius 2 is 1.95 bits per heavy atom. The van der Waals surface area contributed by atoms with E-state index in [2.05, 4.69) is 5.32 Å². The molecule has 1 N–H and O–H groups in total. The van der Waals surface area contributed by atoms with Crippen molar-refractivity contribution in [3.63, 3.8) is 0 Å². The van der Waals surface area contributed by atoms with Crippen molar-refractivity contribution < 1.29 is 21.6 Å². The normalized spacial score (nSPS) is 32.5. The van der Waals surface area contributed by atoms with Gasteiger partial charge in [-0.2, -0.15) is 13.2 Å². The summed E-state index contributed by atoms with van der Waals surface area (Å²) in [5.74, 6) is -0.995. The van der Waals surface area contributed by atoms with E-state index in [4.69, 9.17) is 0 Å². The Hall–Kier alpha value is -0.340. The lowest BCUT2D eigenvalue weighted by atomic mass is 9.85. The van der Waals surface area contributed by atoms with Crippen molar-refractivity contribution in [3.05, 3.63) is 0 Å². The fourth-order valence-corrected chi connectivity index (χ4v) is 4.19. The molecule has 8 heteroatoms. The van der Waals surface area contributed by atoms with E-state index < -0.39 is 22.1 Å². The van der Waals surface area contributed by atoms with Gasteiger partial charge in [-0.05, 0) is 38.1 Å². The van der Waals surface area contributed by atoms with E-state index in [0.717, 1.165) is 12.8 Å². The van der Waals surface area contributed by atoms with E-state index in [1.165, 1.54) is 10.6 Å². The molecule has 0 bridgehead atoms. The highest BCUT2D eigenvalue weighted by Crippen LogP contribution is 2.37. The lowest BCUT2D eigenvalue weighted by Gasteiger charge is -2.31. The molecule has 21 heavy (non-hydrogen) atoms. The summed E-state index contributed by atoms with van der Waals surface area (Å²) in [6.45, 7) is 1.59. The fourth-order valence-electron chi connectivity index (χ4n) is 3.27. The Labute approximate surface area is 124 Å². The van der Waals surface area contributed by atoms with Gasteiger partial charge in [-0.15, -0.1) is 0 Å². The van der Waals surface area contributed by atoms with Crippen LogP contribution in [0.3, 0.4) is 0 Å². The van der Waals surface area contributed by atoms with Crippen LogP contribution in [-0.4, -0.2) is 50.8 Å². The molecule has 2 fully saturated rings. The maximum absolute atomic E-state index is 12.7. The van der Waals surface area contributed by atoms with Crippen molar-refractivity contribution >= 4 is 10.0 Å². The number of hydrogen-bond acceptors (Lipinski definition) is 3. The Morgan fingerprint density at radius 1 is 1.24 bits per heavy atom. The van der Waals surface area contributed by atoms with Gasteiger partial charge in [-0.3, -0.25) is 0 Å². The van der Waals surface area contributed by atoms with Gasteiger partial charge in [0.15, 0.2) is 0 Å². The first-order chi connectivity index (χ1) is 9.66. The number of halogens is 3. The van der Waals surface area contributed by atoms with Gasteiger partial charge in [0, 0.05) is 19.1 Å². The van der Waals surface area contributed by atoms with Gasteiger partial charge in [-0.1, -0.05) is 6.42 Å². The second-order valence-corrected chi connectivity index (χ2v) is 8.27. The zero-order valence-corrected chi connectivity index (χ0v) is 13.0. The van der Waals surface area contributed by atoms with Crippen LogP contribution in [0.1, 0.15) is 32.1 Å². The molecule has 124 valence electrons. The predicted molar refractivity (Wildman–Crippen MR) is 74.3 cm³/mol. The summed E-state index contributed by atoms with van der Waals surface area (Å²) in [5.41, 5.74) is 0. The largest absolute Gasteiger partial charge is 0.391 e. The molecule has 1 saturated heterocycles. The Morgan fingerprint density at radius 3 is 2.52 bits per heavy atom. The van der Waals surface area contributed by atoms with Crippen LogP contribution in [0.25, 0.3) is 0 Å². The minimum absolute atomic E-state index is 0.0994. The van der Waals surface area contributed by atoms with Crippen LogP contribution in [0, 0.1) is 11.8 Å². The van der Waals surface area contributed by atoms with Gasteiger partial charge in [-0.25, -0.2) is 12.7 Å². The van der Waals surface area contributed by atoms with Gasteiger partial charge in [0.25, 0.3) is 0 Å². The SMILES string of the molecule is CS(=O)(=O)N1CC[C@H](CN[C@H]2CCC[C@@H](C(F)(F)F)C2)C1. The minimum Gasteiger partial charge on any atom is -0.314 e. The molecule has 0 radical (unpaired) electrons. The molecule has 1 heterocycles. The maximum Gasteiger partial charge on any atom is 0.391 e.